The zero-order valence-electron chi connectivity index (χ0n) is 13.8. The molecule has 0 saturated carbocycles. The lowest BCUT2D eigenvalue weighted by atomic mass is 10.1. The van der Waals surface area contributed by atoms with Crippen LogP contribution in [-0.2, 0) is 0 Å². The Labute approximate surface area is 145 Å². The minimum absolute atomic E-state index is 0.0604. The molecule has 0 N–H and O–H groups in total. The molecule has 2 aromatic rings. The topological polar surface area (TPSA) is 73.8 Å². The molecule has 3 heterocycles. The molecule has 2 aliphatic rings. The number of rotatable bonds is 3. The number of benzene rings is 1. The number of fused-ring (bicyclic) bond motifs is 1. The third-order valence-corrected chi connectivity index (χ3v) is 4.29. The summed E-state index contributed by atoms with van der Waals surface area (Å²) in [6.45, 7) is 2.17. The van der Waals surface area contributed by atoms with Crippen LogP contribution in [0.25, 0.3) is 0 Å². The van der Waals surface area contributed by atoms with E-state index in [4.69, 9.17) is 14.2 Å². The number of aromatic nitrogens is 2. The van der Waals surface area contributed by atoms with E-state index in [1.165, 1.54) is 0 Å². The van der Waals surface area contributed by atoms with Crippen LogP contribution in [0.3, 0.4) is 0 Å². The first kappa shape index (κ1) is 15.7. The molecule has 1 fully saturated rings. The van der Waals surface area contributed by atoms with Gasteiger partial charge in [0.15, 0.2) is 11.5 Å². The standard InChI is InChI=1S/C18H19N3O4/c22-18(14-4-1-5-15-17(14)24-10-9-23-15)21-8-2-3-13(12-21)25-16-11-19-6-7-20-16/h1,4-7,11,13H,2-3,8-10,12H2/t13-/m1/s1. The van der Waals surface area contributed by atoms with Crippen molar-refractivity contribution in [2.24, 2.45) is 0 Å². The van der Waals surface area contributed by atoms with Gasteiger partial charge in [-0.25, -0.2) is 4.98 Å². The van der Waals surface area contributed by atoms with Crippen LogP contribution in [0.2, 0.25) is 0 Å². The van der Waals surface area contributed by atoms with Crippen LogP contribution in [0, 0.1) is 0 Å². The van der Waals surface area contributed by atoms with E-state index in [9.17, 15) is 4.79 Å². The van der Waals surface area contributed by atoms with E-state index in [2.05, 4.69) is 9.97 Å². The van der Waals surface area contributed by atoms with Crippen molar-refractivity contribution in [3.63, 3.8) is 0 Å². The number of carbonyl (C=O) groups excluding carboxylic acids is 1. The predicted octanol–water partition coefficient (Wildman–Crippen LogP) is 1.93. The minimum atomic E-state index is -0.0916. The van der Waals surface area contributed by atoms with Gasteiger partial charge in [0.05, 0.1) is 18.3 Å². The Morgan fingerprint density at radius 2 is 2.16 bits per heavy atom. The minimum Gasteiger partial charge on any atom is -0.486 e. The molecule has 0 radical (unpaired) electrons. The van der Waals surface area contributed by atoms with Gasteiger partial charge >= 0.3 is 0 Å². The maximum atomic E-state index is 13.0. The zero-order valence-corrected chi connectivity index (χ0v) is 13.8. The van der Waals surface area contributed by atoms with Gasteiger partial charge in [-0.3, -0.25) is 9.78 Å². The number of amides is 1. The van der Waals surface area contributed by atoms with Gasteiger partial charge in [-0.1, -0.05) is 6.07 Å². The average Bonchev–Trinajstić information content (AvgIpc) is 2.68. The van der Waals surface area contributed by atoms with E-state index in [-0.39, 0.29) is 12.0 Å². The summed E-state index contributed by atoms with van der Waals surface area (Å²) in [5, 5.41) is 0. The maximum absolute atomic E-state index is 13.0. The van der Waals surface area contributed by atoms with Gasteiger partial charge in [-0.05, 0) is 25.0 Å². The molecule has 7 nitrogen and oxygen atoms in total. The first-order valence-electron chi connectivity index (χ1n) is 8.42. The molecule has 2 aliphatic heterocycles. The van der Waals surface area contributed by atoms with E-state index in [0.29, 0.717) is 49.2 Å². The van der Waals surface area contributed by atoms with Crippen molar-refractivity contribution < 1.29 is 19.0 Å². The van der Waals surface area contributed by atoms with Crippen molar-refractivity contribution in [1.29, 1.82) is 0 Å². The Hall–Kier alpha value is -2.83. The highest BCUT2D eigenvalue weighted by Gasteiger charge is 2.29. The molecule has 1 aromatic carbocycles. The molecule has 1 amide bonds. The van der Waals surface area contributed by atoms with E-state index >= 15 is 0 Å². The number of nitrogens with zero attached hydrogens (tertiary/aromatic N) is 3. The largest absolute Gasteiger partial charge is 0.486 e. The molecule has 0 aliphatic carbocycles. The van der Waals surface area contributed by atoms with Gasteiger partial charge in [-0.2, -0.15) is 0 Å². The third kappa shape index (κ3) is 3.35. The fourth-order valence-electron chi connectivity index (χ4n) is 3.15. The molecule has 0 spiro atoms. The van der Waals surface area contributed by atoms with E-state index < -0.39 is 0 Å². The molecule has 0 bridgehead atoms. The summed E-state index contributed by atoms with van der Waals surface area (Å²) >= 11 is 0. The second-order valence-electron chi connectivity index (χ2n) is 6.01. The number of likely N-dealkylation sites (tertiary alicyclic amines) is 1. The van der Waals surface area contributed by atoms with Gasteiger partial charge in [0.25, 0.3) is 5.91 Å². The summed E-state index contributed by atoms with van der Waals surface area (Å²) in [7, 11) is 0. The molecule has 7 heteroatoms. The van der Waals surface area contributed by atoms with Crippen molar-refractivity contribution in [2.45, 2.75) is 18.9 Å². The average molecular weight is 341 g/mol. The Kier molecular flexibility index (Phi) is 4.37. The Morgan fingerprint density at radius 3 is 3.04 bits per heavy atom. The van der Waals surface area contributed by atoms with Gasteiger partial charge in [0, 0.05) is 18.9 Å². The van der Waals surface area contributed by atoms with Crippen LogP contribution in [0.4, 0.5) is 0 Å². The van der Waals surface area contributed by atoms with Crippen LogP contribution in [0.15, 0.2) is 36.8 Å². The Morgan fingerprint density at radius 1 is 1.24 bits per heavy atom. The summed E-state index contributed by atoms with van der Waals surface area (Å²) in [5.74, 6) is 1.59. The normalized spacial score (nSPS) is 19.4. The van der Waals surface area contributed by atoms with Gasteiger partial charge in [-0.15, -0.1) is 0 Å². The molecule has 1 saturated heterocycles. The van der Waals surface area contributed by atoms with Gasteiger partial charge in [0.1, 0.15) is 19.3 Å². The summed E-state index contributed by atoms with van der Waals surface area (Å²) in [5.41, 5.74) is 0.539. The fourth-order valence-corrected chi connectivity index (χ4v) is 3.15. The van der Waals surface area contributed by atoms with Gasteiger partial charge in [0.2, 0.25) is 5.88 Å². The fraction of sp³-hybridized carbons (Fsp3) is 0.389. The SMILES string of the molecule is O=C(c1cccc2c1OCCO2)N1CCC[C@@H](Oc2cnccn2)C1. The molecule has 25 heavy (non-hydrogen) atoms. The highest BCUT2D eigenvalue weighted by Crippen LogP contribution is 2.34. The lowest BCUT2D eigenvalue weighted by Crippen LogP contribution is -2.44. The van der Waals surface area contributed by atoms with E-state index in [1.807, 2.05) is 12.1 Å². The van der Waals surface area contributed by atoms with Crippen molar-refractivity contribution in [3.05, 3.63) is 42.4 Å². The summed E-state index contributed by atoms with van der Waals surface area (Å²) in [4.78, 5) is 22.9. The highest BCUT2D eigenvalue weighted by atomic mass is 16.6. The van der Waals surface area contributed by atoms with Crippen LogP contribution < -0.4 is 14.2 Å². The number of hydrogen-bond donors (Lipinski definition) is 0. The van der Waals surface area contributed by atoms with Crippen LogP contribution in [-0.4, -0.2) is 53.2 Å². The summed E-state index contributed by atoms with van der Waals surface area (Å²) < 4.78 is 17.1. The molecular formula is C18H19N3O4. The van der Waals surface area contributed by atoms with Gasteiger partial charge < -0.3 is 19.1 Å². The first-order chi connectivity index (χ1) is 12.3. The maximum Gasteiger partial charge on any atom is 0.257 e. The number of carbonyl (C=O) groups is 1. The van der Waals surface area contributed by atoms with Crippen molar-refractivity contribution in [1.82, 2.24) is 14.9 Å². The molecule has 0 unspecified atom stereocenters. The monoisotopic (exact) mass is 341 g/mol. The van der Waals surface area contributed by atoms with Crippen molar-refractivity contribution >= 4 is 5.91 Å². The molecule has 130 valence electrons. The second-order valence-corrected chi connectivity index (χ2v) is 6.01. The number of para-hydroxylation sites is 1. The number of piperidine rings is 1. The van der Waals surface area contributed by atoms with Crippen LogP contribution in [0.1, 0.15) is 23.2 Å². The molecular weight excluding hydrogens is 322 g/mol. The van der Waals surface area contributed by atoms with E-state index in [1.54, 1.807) is 29.6 Å². The zero-order chi connectivity index (χ0) is 17.1. The predicted molar refractivity (Wildman–Crippen MR) is 89.0 cm³/mol. The lowest BCUT2D eigenvalue weighted by molar-refractivity contribution is 0.0519. The van der Waals surface area contributed by atoms with Crippen molar-refractivity contribution in [3.8, 4) is 17.4 Å². The van der Waals surface area contributed by atoms with Crippen LogP contribution >= 0.6 is 0 Å². The first-order valence-corrected chi connectivity index (χ1v) is 8.42. The van der Waals surface area contributed by atoms with E-state index in [0.717, 1.165) is 12.8 Å². The van der Waals surface area contributed by atoms with Crippen LogP contribution in [0.5, 0.6) is 17.4 Å². The second kappa shape index (κ2) is 6.96. The number of ether oxygens (including phenoxy) is 3. The molecule has 1 aromatic heterocycles. The Balaban J connectivity index is 1.49. The Bertz CT molecular complexity index is 753. The highest BCUT2D eigenvalue weighted by molar-refractivity contribution is 5.98. The third-order valence-electron chi connectivity index (χ3n) is 4.29. The lowest BCUT2D eigenvalue weighted by Gasteiger charge is -2.33. The summed E-state index contributed by atoms with van der Waals surface area (Å²) in [6.07, 6.45) is 6.44. The molecule has 1 atom stereocenters. The smallest absolute Gasteiger partial charge is 0.257 e. The summed E-state index contributed by atoms with van der Waals surface area (Å²) in [6, 6.07) is 5.42. The quantitative estimate of drug-likeness (QED) is 0.849. The van der Waals surface area contributed by atoms with Crippen molar-refractivity contribution in [2.75, 3.05) is 26.3 Å². The molecule has 4 rings (SSSR count). The number of hydrogen-bond acceptors (Lipinski definition) is 6.